The van der Waals surface area contributed by atoms with E-state index in [0.29, 0.717) is 6.61 Å². The Morgan fingerprint density at radius 1 is 1.00 bits per heavy atom. The zero-order chi connectivity index (χ0) is 20.9. The normalized spacial score (nSPS) is 11.6. The molecular formula is C22H24N2O4S. The number of rotatable bonds is 8. The number of benzene rings is 3. The first-order valence-electron chi connectivity index (χ1n) is 9.27. The Kier molecular flexibility index (Phi) is 6.51. The molecule has 6 nitrogen and oxygen atoms in total. The quantitative estimate of drug-likeness (QED) is 0.577. The summed E-state index contributed by atoms with van der Waals surface area (Å²) in [5.41, 5.74) is 0.968. The molecule has 3 aromatic carbocycles. The van der Waals surface area contributed by atoms with Gasteiger partial charge < -0.3 is 10.1 Å². The summed E-state index contributed by atoms with van der Waals surface area (Å²) in [5.74, 6) is 0.335. The van der Waals surface area contributed by atoms with Crippen molar-refractivity contribution in [2.24, 2.45) is 0 Å². The first-order valence-corrected chi connectivity index (χ1v) is 10.7. The molecule has 0 heterocycles. The van der Waals surface area contributed by atoms with Crippen LogP contribution in [0.5, 0.6) is 5.75 Å². The van der Waals surface area contributed by atoms with Gasteiger partial charge in [0.15, 0.2) is 0 Å². The van der Waals surface area contributed by atoms with Crippen molar-refractivity contribution in [1.82, 2.24) is 9.62 Å². The highest BCUT2D eigenvalue weighted by Gasteiger charge is 2.22. The van der Waals surface area contributed by atoms with Crippen molar-refractivity contribution >= 4 is 26.7 Å². The van der Waals surface area contributed by atoms with Gasteiger partial charge in [0.2, 0.25) is 15.9 Å². The number of hydrogen-bond donors (Lipinski definition) is 1. The molecule has 0 unspecified atom stereocenters. The molecule has 7 heteroatoms. The average Bonchev–Trinajstić information content (AvgIpc) is 2.71. The summed E-state index contributed by atoms with van der Waals surface area (Å²) in [5, 5.41) is 4.89. The Hall–Kier alpha value is -2.90. The zero-order valence-corrected chi connectivity index (χ0v) is 17.3. The van der Waals surface area contributed by atoms with Crippen LogP contribution in [-0.4, -0.2) is 45.4 Å². The largest absolute Gasteiger partial charge is 0.492 e. The smallest absolute Gasteiger partial charge is 0.243 e. The zero-order valence-electron chi connectivity index (χ0n) is 16.5. The minimum Gasteiger partial charge on any atom is -0.492 e. The maximum atomic E-state index is 12.5. The second-order valence-electron chi connectivity index (χ2n) is 6.78. The summed E-state index contributed by atoms with van der Waals surface area (Å²) >= 11 is 0. The van der Waals surface area contributed by atoms with Gasteiger partial charge in [-0.2, -0.15) is 4.31 Å². The number of likely N-dealkylation sites (N-methyl/N-ethyl adjacent to an activating group) is 1. The number of carbonyl (C=O) groups excluding carboxylic acids is 1. The van der Waals surface area contributed by atoms with E-state index in [9.17, 15) is 13.2 Å². The molecule has 0 aliphatic heterocycles. The SMILES string of the molecule is Cc1ccc(S(=O)(=O)N(C)CC(=O)NCCOc2ccc3ccccc3c2)cc1. The van der Waals surface area contributed by atoms with Crippen LogP contribution in [0.1, 0.15) is 5.56 Å². The van der Waals surface area contributed by atoms with Crippen molar-refractivity contribution in [3.8, 4) is 5.75 Å². The highest BCUT2D eigenvalue weighted by Crippen LogP contribution is 2.20. The van der Waals surface area contributed by atoms with Crippen molar-refractivity contribution in [1.29, 1.82) is 0 Å². The van der Waals surface area contributed by atoms with Crippen LogP contribution in [0.25, 0.3) is 10.8 Å². The molecule has 0 spiro atoms. The van der Waals surface area contributed by atoms with Crippen LogP contribution in [0.4, 0.5) is 0 Å². The Balaban J connectivity index is 1.47. The molecule has 0 saturated carbocycles. The maximum Gasteiger partial charge on any atom is 0.243 e. The van der Waals surface area contributed by atoms with E-state index in [1.165, 1.54) is 19.2 Å². The molecule has 3 aromatic rings. The second-order valence-corrected chi connectivity index (χ2v) is 8.83. The number of amides is 1. The lowest BCUT2D eigenvalue weighted by atomic mass is 10.1. The first kappa shape index (κ1) is 20.8. The lowest BCUT2D eigenvalue weighted by Gasteiger charge is -2.17. The van der Waals surface area contributed by atoms with Crippen LogP contribution >= 0.6 is 0 Å². The topological polar surface area (TPSA) is 75.7 Å². The minimum absolute atomic E-state index is 0.165. The minimum atomic E-state index is -3.70. The molecule has 1 N–H and O–H groups in total. The molecule has 0 fully saturated rings. The van der Waals surface area contributed by atoms with Crippen LogP contribution < -0.4 is 10.1 Å². The van der Waals surface area contributed by atoms with Gasteiger partial charge in [-0.15, -0.1) is 0 Å². The first-order chi connectivity index (χ1) is 13.9. The third-order valence-corrected chi connectivity index (χ3v) is 6.33. The highest BCUT2D eigenvalue weighted by atomic mass is 32.2. The Morgan fingerprint density at radius 3 is 2.41 bits per heavy atom. The molecule has 0 saturated heterocycles. The third-order valence-electron chi connectivity index (χ3n) is 4.51. The lowest BCUT2D eigenvalue weighted by molar-refractivity contribution is -0.121. The van der Waals surface area contributed by atoms with Crippen molar-refractivity contribution in [3.05, 3.63) is 72.3 Å². The molecule has 29 heavy (non-hydrogen) atoms. The number of sulfonamides is 1. The van der Waals surface area contributed by atoms with E-state index in [4.69, 9.17) is 4.74 Å². The van der Waals surface area contributed by atoms with Crippen LogP contribution in [0.15, 0.2) is 71.6 Å². The van der Waals surface area contributed by atoms with Gasteiger partial charge in [-0.05, 0) is 42.0 Å². The molecule has 0 aromatic heterocycles. The fourth-order valence-electron chi connectivity index (χ4n) is 2.85. The van der Waals surface area contributed by atoms with Gasteiger partial charge in [-0.25, -0.2) is 8.42 Å². The molecule has 0 aliphatic carbocycles. The van der Waals surface area contributed by atoms with E-state index < -0.39 is 10.0 Å². The van der Waals surface area contributed by atoms with E-state index in [2.05, 4.69) is 5.32 Å². The van der Waals surface area contributed by atoms with E-state index >= 15 is 0 Å². The summed E-state index contributed by atoms with van der Waals surface area (Å²) < 4.78 is 31.8. The van der Waals surface area contributed by atoms with E-state index in [-0.39, 0.29) is 23.9 Å². The van der Waals surface area contributed by atoms with Crippen molar-refractivity contribution in [2.45, 2.75) is 11.8 Å². The van der Waals surface area contributed by atoms with Gasteiger partial charge in [0.1, 0.15) is 12.4 Å². The van der Waals surface area contributed by atoms with Crippen molar-refractivity contribution < 1.29 is 17.9 Å². The number of ether oxygens (including phenoxy) is 1. The predicted molar refractivity (Wildman–Crippen MR) is 113 cm³/mol. The Bertz CT molecular complexity index is 1100. The summed E-state index contributed by atoms with van der Waals surface area (Å²) in [4.78, 5) is 12.3. The number of fused-ring (bicyclic) bond motifs is 1. The number of carbonyl (C=O) groups is 1. The van der Waals surface area contributed by atoms with Crippen LogP contribution in [0, 0.1) is 6.92 Å². The summed E-state index contributed by atoms with van der Waals surface area (Å²) in [6, 6.07) is 20.3. The molecule has 0 aliphatic rings. The fraction of sp³-hybridized carbons (Fsp3) is 0.227. The molecule has 0 radical (unpaired) electrons. The summed E-state index contributed by atoms with van der Waals surface area (Å²) in [6.45, 7) is 2.20. The van der Waals surface area contributed by atoms with Crippen molar-refractivity contribution in [3.63, 3.8) is 0 Å². The lowest BCUT2D eigenvalue weighted by Crippen LogP contribution is -2.39. The van der Waals surface area contributed by atoms with Crippen LogP contribution in [-0.2, 0) is 14.8 Å². The predicted octanol–water partition coefficient (Wildman–Crippen LogP) is 2.96. The summed E-state index contributed by atoms with van der Waals surface area (Å²) in [6.07, 6.45) is 0. The molecule has 1 amide bonds. The number of hydrogen-bond acceptors (Lipinski definition) is 4. The maximum absolute atomic E-state index is 12.5. The summed E-state index contributed by atoms with van der Waals surface area (Å²) in [7, 11) is -2.31. The van der Waals surface area contributed by atoms with Gasteiger partial charge in [-0.3, -0.25) is 4.79 Å². The third kappa shape index (κ3) is 5.34. The van der Waals surface area contributed by atoms with Gasteiger partial charge in [0.25, 0.3) is 0 Å². The van der Waals surface area contributed by atoms with E-state index in [1.54, 1.807) is 12.1 Å². The monoisotopic (exact) mass is 412 g/mol. The van der Waals surface area contributed by atoms with Crippen LogP contribution in [0.2, 0.25) is 0 Å². The second kappa shape index (κ2) is 9.07. The fourth-order valence-corrected chi connectivity index (χ4v) is 3.98. The van der Waals surface area contributed by atoms with Gasteiger partial charge in [-0.1, -0.05) is 48.0 Å². The average molecular weight is 413 g/mol. The number of aryl methyl sites for hydroxylation is 1. The molecule has 152 valence electrons. The van der Waals surface area contributed by atoms with Gasteiger partial charge in [0.05, 0.1) is 18.0 Å². The van der Waals surface area contributed by atoms with Crippen molar-refractivity contribution in [2.75, 3.05) is 26.7 Å². The number of nitrogens with one attached hydrogen (secondary N) is 1. The highest BCUT2D eigenvalue weighted by molar-refractivity contribution is 7.89. The molecular weight excluding hydrogens is 388 g/mol. The standard InChI is InChI=1S/C22H24N2O4S/c1-17-7-11-21(12-8-17)29(26,27)24(2)16-22(25)23-13-14-28-20-10-9-18-5-3-4-6-19(18)15-20/h3-12,15H,13-14,16H2,1-2H3,(H,23,25). The molecule has 0 bridgehead atoms. The van der Waals surface area contributed by atoms with Gasteiger partial charge >= 0.3 is 0 Å². The number of nitrogens with zero attached hydrogens (tertiary/aromatic N) is 1. The Morgan fingerprint density at radius 2 is 1.69 bits per heavy atom. The molecule has 0 atom stereocenters. The molecule has 3 rings (SSSR count). The van der Waals surface area contributed by atoms with Crippen LogP contribution in [0.3, 0.4) is 0 Å². The van der Waals surface area contributed by atoms with Gasteiger partial charge in [0, 0.05) is 7.05 Å². The van der Waals surface area contributed by atoms with E-state index in [0.717, 1.165) is 26.4 Å². The van der Waals surface area contributed by atoms with E-state index in [1.807, 2.05) is 49.4 Å². The Labute approximate surface area is 171 Å².